The average molecular weight is 338 g/mol. The predicted octanol–water partition coefficient (Wildman–Crippen LogP) is 2.18. The van der Waals surface area contributed by atoms with Gasteiger partial charge in [-0.15, -0.1) is 11.3 Å². The van der Waals surface area contributed by atoms with Crippen molar-refractivity contribution in [1.82, 2.24) is 0 Å². The Labute approximate surface area is 139 Å². The lowest BCUT2D eigenvalue weighted by Crippen LogP contribution is -2.32. The fourth-order valence-corrected chi connectivity index (χ4v) is 2.99. The Hall–Kier alpha value is -1.60. The standard InChI is InChI=1S/C12H12O2S.C5H10O3/c1-14-10-4-2-9(3-5-10)8-12-11(13)6-7-15-12;6-4-1-5(7)3-8-2-4/h2-7,13H,8H2,1H3;4-7H,1-3H2. The minimum atomic E-state index is -0.459. The number of aromatic hydroxyl groups is 1. The molecule has 1 aliphatic rings. The van der Waals surface area contributed by atoms with Crippen molar-refractivity contribution >= 4 is 11.3 Å². The van der Waals surface area contributed by atoms with Crippen molar-refractivity contribution in [2.24, 2.45) is 0 Å². The molecule has 1 aromatic heterocycles. The molecule has 2 unspecified atom stereocenters. The summed E-state index contributed by atoms with van der Waals surface area (Å²) in [7, 11) is 1.65. The number of hydrogen-bond acceptors (Lipinski definition) is 6. The maximum absolute atomic E-state index is 9.50. The quantitative estimate of drug-likeness (QED) is 0.799. The molecular weight excluding hydrogens is 316 g/mol. The van der Waals surface area contributed by atoms with Gasteiger partial charge in [0.1, 0.15) is 11.5 Å². The second kappa shape index (κ2) is 8.88. The number of rotatable bonds is 3. The van der Waals surface area contributed by atoms with Gasteiger partial charge in [-0.1, -0.05) is 12.1 Å². The third-order valence-electron chi connectivity index (χ3n) is 3.41. The number of thiophene rings is 1. The van der Waals surface area contributed by atoms with Crippen LogP contribution in [0.2, 0.25) is 0 Å². The second-order valence-electron chi connectivity index (χ2n) is 5.33. The third-order valence-corrected chi connectivity index (χ3v) is 4.32. The van der Waals surface area contributed by atoms with Crippen molar-refractivity contribution in [3.63, 3.8) is 0 Å². The number of aliphatic hydroxyl groups is 2. The molecule has 0 saturated carbocycles. The molecule has 2 atom stereocenters. The summed E-state index contributed by atoms with van der Waals surface area (Å²) in [6.07, 6.45) is 0.311. The fourth-order valence-electron chi connectivity index (χ4n) is 2.19. The van der Waals surface area contributed by atoms with Crippen molar-refractivity contribution in [2.75, 3.05) is 20.3 Å². The molecule has 5 nitrogen and oxygen atoms in total. The molecule has 1 aromatic carbocycles. The molecule has 2 aromatic rings. The third kappa shape index (κ3) is 5.84. The zero-order valence-corrected chi connectivity index (χ0v) is 13.8. The van der Waals surface area contributed by atoms with Gasteiger partial charge >= 0.3 is 0 Å². The van der Waals surface area contributed by atoms with Gasteiger partial charge in [-0.25, -0.2) is 0 Å². The zero-order chi connectivity index (χ0) is 16.7. The van der Waals surface area contributed by atoms with Crippen molar-refractivity contribution in [3.05, 3.63) is 46.2 Å². The van der Waals surface area contributed by atoms with Crippen molar-refractivity contribution < 1.29 is 24.8 Å². The van der Waals surface area contributed by atoms with Gasteiger partial charge in [0.15, 0.2) is 0 Å². The highest BCUT2D eigenvalue weighted by atomic mass is 32.1. The minimum Gasteiger partial charge on any atom is -0.507 e. The molecule has 1 saturated heterocycles. The molecule has 0 amide bonds. The van der Waals surface area contributed by atoms with Crippen LogP contribution in [-0.2, 0) is 11.2 Å². The maximum Gasteiger partial charge on any atom is 0.129 e. The summed E-state index contributed by atoms with van der Waals surface area (Å²) >= 11 is 1.57. The lowest BCUT2D eigenvalue weighted by Gasteiger charge is -2.21. The first kappa shape index (κ1) is 17.7. The molecule has 2 heterocycles. The van der Waals surface area contributed by atoms with Crippen LogP contribution in [0.5, 0.6) is 11.5 Å². The highest BCUT2D eigenvalue weighted by molar-refractivity contribution is 7.10. The van der Waals surface area contributed by atoms with E-state index in [2.05, 4.69) is 0 Å². The second-order valence-corrected chi connectivity index (χ2v) is 6.34. The minimum absolute atomic E-state index is 0.372. The van der Waals surface area contributed by atoms with Gasteiger partial charge in [0.2, 0.25) is 0 Å². The van der Waals surface area contributed by atoms with E-state index in [1.165, 1.54) is 5.56 Å². The summed E-state index contributed by atoms with van der Waals surface area (Å²) in [5.74, 6) is 1.24. The number of benzene rings is 1. The topological polar surface area (TPSA) is 79.2 Å². The largest absolute Gasteiger partial charge is 0.507 e. The molecule has 0 spiro atoms. The normalized spacial score (nSPS) is 20.5. The molecule has 1 fully saturated rings. The van der Waals surface area contributed by atoms with Gasteiger partial charge < -0.3 is 24.8 Å². The van der Waals surface area contributed by atoms with Crippen LogP contribution in [0, 0.1) is 0 Å². The summed E-state index contributed by atoms with van der Waals surface area (Å²) in [4.78, 5) is 1.00. The number of methoxy groups -OCH3 is 1. The molecule has 3 rings (SSSR count). The summed E-state index contributed by atoms with van der Waals surface area (Å²) in [6, 6.07) is 9.61. The van der Waals surface area contributed by atoms with E-state index in [9.17, 15) is 5.11 Å². The van der Waals surface area contributed by atoms with Crippen LogP contribution in [0.25, 0.3) is 0 Å². The van der Waals surface area contributed by atoms with E-state index < -0.39 is 12.2 Å². The van der Waals surface area contributed by atoms with Crippen molar-refractivity contribution in [1.29, 1.82) is 0 Å². The van der Waals surface area contributed by atoms with E-state index in [1.54, 1.807) is 24.5 Å². The Morgan fingerprint density at radius 1 is 1.13 bits per heavy atom. The fraction of sp³-hybridized carbons (Fsp3) is 0.412. The van der Waals surface area contributed by atoms with Crippen LogP contribution < -0.4 is 4.74 Å². The first-order chi connectivity index (χ1) is 11.1. The lowest BCUT2D eigenvalue weighted by atomic mass is 10.1. The van der Waals surface area contributed by atoms with E-state index >= 15 is 0 Å². The van der Waals surface area contributed by atoms with Gasteiger partial charge in [-0.3, -0.25) is 0 Å². The first-order valence-corrected chi connectivity index (χ1v) is 8.28. The van der Waals surface area contributed by atoms with Crippen LogP contribution in [0.3, 0.4) is 0 Å². The lowest BCUT2D eigenvalue weighted by molar-refractivity contribution is -0.0714. The SMILES string of the molecule is COc1ccc(Cc2sccc2O)cc1.OC1COCC(O)C1. The molecule has 6 heteroatoms. The van der Waals surface area contributed by atoms with Crippen molar-refractivity contribution in [2.45, 2.75) is 25.0 Å². The predicted molar refractivity (Wildman–Crippen MR) is 89.2 cm³/mol. The molecular formula is C17H22O5S. The van der Waals surface area contributed by atoms with Crippen LogP contribution in [0.4, 0.5) is 0 Å². The highest BCUT2D eigenvalue weighted by Gasteiger charge is 2.17. The monoisotopic (exact) mass is 338 g/mol. The van der Waals surface area contributed by atoms with Gasteiger partial charge in [-0.05, 0) is 29.1 Å². The van der Waals surface area contributed by atoms with Crippen LogP contribution in [-0.4, -0.2) is 47.9 Å². The summed E-state index contributed by atoms with van der Waals surface area (Å²) < 4.78 is 9.88. The molecule has 0 radical (unpaired) electrons. The Morgan fingerprint density at radius 2 is 1.78 bits per heavy atom. The highest BCUT2D eigenvalue weighted by Crippen LogP contribution is 2.26. The number of ether oxygens (including phenoxy) is 2. The van der Waals surface area contributed by atoms with E-state index in [0.717, 1.165) is 17.0 Å². The molecule has 3 N–H and O–H groups in total. The van der Waals surface area contributed by atoms with Crippen LogP contribution >= 0.6 is 11.3 Å². The van der Waals surface area contributed by atoms with E-state index in [0.29, 0.717) is 25.4 Å². The Balaban J connectivity index is 0.000000203. The molecule has 1 aliphatic heterocycles. The van der Waals surface area contributed by atoms with Crippen LogP contribution in [0.1, 0.15) is 16.9 Å². The van der Waals surface area contributed by atoms with E-state index in [1.807, 2.05) is 29.6 Å². The summed E-state index contributed by atoms with van der Waals surface area (Å²) in [5.41, 5.74) is 1.17. The molecule has 0 bridgehead atoms. The van der Waals surface area contributed by atoms with Gasteiger partial charge in [-0.2, -0.15) is 0 Å². The molecule has 23 heavy (non-hydrogen) atoms. The summed E-state index contributed by atoms with van der Waals surface area (Å²) in [6.45, 7) is 0.744. The average Bonchev–Trinajstić information content (AvgIpc) is 2.94. The summed E-state index contributed by atoms with van der Waals surface area (Å²) in [5, 5.41) is 29.0. The number of aliphatic hydroxyl groups excluding tert-OH is 2. The zero-order valence-electron chi connectivity index (χ0n) is 13.0. The Kier molecular flexibility index (Phi) is 6.85. The number of hydrogen-bond donors (Lipinski definition) is 3. The van der Waals surface area contributed by atoms with Gasteiger partial charge in [0.05, 0.1) is 37.4 Å². The van der Waals surface area contributed by atoms with Crippen LogP contribution in [0.15, 0.2) is 35.7 Å². The van der Waals surface area contributed by atoms with E-state index in [4.69, 9.17) is 19.7 Å². The van der Waals surface area contributed by atoms with Gasteiger partial charge in [0, 0.05) is 12.8 Å². The molecule has 126 valence electrons. The Morgan fingerprint density at radius 3 is 2.22 bits per heavy atom. The first-order valence-electron chi connectivity index (χ1n) is 7.40. The van der Waals surface area contributed by atoms with E-state index in [-0.39, 0.29) is 0 Å². The van der Waals surface area contributed by atoms with Crippen molar-refractivity contribution in [3.8, 4) is 11.5 Å². The Bertz CT molecular complexity index is 573. The maximum atomic E-state index is 9.50. The molecule has 0 aliphatic carbocycles. The van der Waals surface area contributed by atoms with Gasteiger partial charge in [0.25, 0.3) is 0 Å². The smallest absolute Gasteiger partial charge is 0.129 e.